The van der Waals surface area contributed by atoms with Crippen LogP contribution in [-0.2, 0) is 26.2 Å². The maximum Gasteiger partial charge on any atom is 0.338 e. The topological polar surface area (TPSA) is 96.7 Å². The van der Waals surface area contributed by atoms with Gasteiger partial charge in [-0.25, -0.2) is 13.2 Å². The van der Waals surface area contributed by atoms with Gasteiger partial charge in [0.25, 0.3) is 10.0 Å². The molecule has 0 saturated heterocycles. The maximum atomic E-state index is 12.2. The Morgan fingerprint density at radius 1 is 1.20 bits per heavy atom. The maximum absolute atomic E-state index is 12.2. The van der Waals surface area contributed by atoms with Crippen molar-refractivity contribution in [1.82, 2.24) is 4.47 Å². The molecule has 2 rings (SSSR count). The number of carbonyl (C=O) groups is 1. The molecule has 0 aromatic heterocycles. The number of nitriles is 1. The van der Waals surface area contributed by atoms with Crippen molar-refractivity contribution in [3.8, 4) is 6.07 Å². The summed E-state index contributed by atoms with van der Waals surface area (Å²) in [5.41, 5.74) is 1.06. The van der Waals surface area contributed by atoms with Crippen LogP contribution in [0.2, 0.25) is 0 Å². The van der Waals surface area contributed by atoms with Crippen molar-refractivity contribution >= 4 is 16.0 Å². The first kappa shape index (κ1) is 18.6. The molecule has 0 saturated carbocycles. The Morgan fingerprint density at radius 3 is 2.60 bits per heavy atom. The number of benzene rings is 2. The van der Waals surface area contributed by atoms with E-state index in [-0.39, 0.29) is 17.1 Å². The van der Waals surface area contributed by atoms with E-state index in [1.54, 1.807) is 24.3 Å². The molecule has 8 heteroatoms. The average molecular weight is 360 g/mol. The summed E-state index contributed by atoms with van der Waals surface area (Å²) in [5.74, 6) is -0.690. The number of nitrogens with zero attached hydrogens (tertiary/aromatic N) is 2. The standard InChI is InChI=1S/C17H16N2O5S/c1-19(23-2)25(21,22)16-9-5-8-13(10-16)17(20)24-12-15-7-4-3-6-14(15)11-18/h3-10H,12H2,1-2H3. The molecule has 0 amide bonds. The van der Waals surface area contributed by atoms with E-state index in [0.717, 1.165) is 0 Å². The van der Waals surface area contributed by atoms with Crippen molar-refractivity contribution in [2.75, 3.05) is 14.2 Å². The van der Waals surface area contributed by atoms with Gasteiger partial charge in [0.2, 0.25) is 0 Å². The van der Waals surface area contributed by atoms with Crippen molar-refractivity contribution in [1.29, 1.82) is 5.26 Å². The molecule has 25 heavy (non-hydrogen) atoms. The zero-order valence-corrected chi connectivity index (χ0v) is 14.5. The number of esters is 1. The molecule has 7 nitrogen and oxygen atoms in total. The summed E-state index contributed by atoms with van der Waals surface area (Å²) in [7, 11) is -1.39. The lowest BCUT2D eigenvalue weighted by Gasteiger charge is -2.14. The predicted octanol–water partition coefficient (Wildman–Crippen LogP) is 2.10. The van der Waals surface area contributed by atoms with Crippen molar-refractivity contribution in [3.63, 3.8) is 0 Å². The Kier molecular flexibility index (Phi) is 5.88. The van der Waals surface area contributed by atoms with E-state index in [9.17, 15) is 13.2 Å². The fourth-order valence-electron chi connectivity index (χ4n) is 2.01. The van der Waals surface area contributed by atoms with Gasteiger partial charge in [-0.2, -0.15) is 5.26 Å². The van der Waals surface area contributed by atoms with Crippen LogP contribution in [-0.4, -0.2) is 33.0 Å². The van der Waals surface area contributed by atoms with Crippen LogP contribution < -0.4 is 0 Å². The second-order valence-corrected chi connectivity index (χ2v) is 6.91. The van der Waals surface area contributed by atoms with Gasteiger partial charge in [0.15, 0.2) is 0 Å². The highest BCUT2D eigenvalue weighted by molar-refractivity contribution is 7.89. The quantitative estimate of drug-likeness (QED) is 0.578. The lowest BCUT2D eigenvalue weighted by molar-refractivity contribution is -0.0258. The first-order chi connectivity index (χ1) is 11.9. The average Bonchev–Trinajstić information content (AvgIpc) is 2.65. The molecule has 0 aliphatic rings. The highest BCUT2D eigenvalue weighted by atomic mass is 32.2. The van der Waals surface area contributed by atoms with Crippen LogP contribution >= 0.6 is 0 Å². The molecule has 2 aromatic carbocycles. The van der Waals surface area contributed by atoms with Crippen LogP contribution in [0.3, 0.4) is 0 Å². The van der Waals surface area contributed by atoms with Crippen LogP contribution in [0.25, 0.3) is 0 Å². The number of rotatable bonds is 6. The van der Waals surface area contributed by atoms with Crippen LogP contribution in [0, 0.1) is 11.3 Å². The normalized spacial score (nSPS) is 11.1. The zero-order valence-electron chi connectivity index (χ0n) is 13.7. The molecular weight excluding hydrogens is 344 g/mol. The van der Waals surface area contributed by atoms with Crippen LogP contribution in [0.1, 0.15) is 21.5 Å². The van der Waals surface area contributed by atoms with Crippen LogP contribution in [0.4, 0.5) is 0 Å². The number of carbonyl (C=O) groups excluding carboxylic acids is 1. The number of ether oxygens (including phenoxy) is 1. The Morgan fingerprint density at radius 2 is 1.92 bits per heavy atom. The van der Waals surface area contributed by atoms with E-state index in [1.165, 1.54) is 38.4 Å². The molecule has 0 unspecified atom stereocenters. The molecule has 0 atom stereocenters. The Bertz CT molecular complexity index is 919. The number of hydroxylamine groups is 1. The summed E-state index contributed by atoms with van der Waals surface area (Å²) in [4.78, 5) is 16.8. The monoisotopic (exact) mass is 360 g/mol. The zero-order chi connectivity index (χ0) is 18.4. The third-order valence-electron chi connectivity index (χ3n) is 3.46. The lowest BCUT2D eigenvalue weighted by atomic mass is 10.1. The molecular formula is C17H16N2O5S. The van der Waals surface area contributed by atoms with E-state index in [4.69, 9.17) is 14.8 Å². The molecule has 0 fully saturated rings. The highest BCUT2D eigenvalue weighted by Crippen LogP contribution is 2.17. The van der Waals surface area contributed by atoms with Gasteiger partial charge in [-0.3, -0.25) is 4.84 Å². The molecule has 0 aliphatic carbocycles. The van der Waals surface area contributed by atoms with Crippen molar-refractivity contribution in [3.05, 3.63) is 65.2 Å². The van der Waals surface area contributed by atoms with Gasteiger partial charge in [0, 0.05) is 12.6 Å². The van der Waals surface area contributed by atoms with Gasteiger partial charge in [-0.1, -0.05) is 28.7 Å². The predicted molar refractivity (Wildman–Crippen MR) is 88.7 cm³/mol. The van der Waals surface area contributed by atoms with Gasteiger partial charge >= 0.3 is 5.97 Å². The molecule has 2 aromatic rings. The Balaban J connectivity index is 2.18. The van der Waals surface area contributed by atoms with Gasteiger partial charge in [0.05, 0.1) is 29.2 Å². The van der Waals surface area contributed by atoms with E-state index in [1.807, 2.05) is 6.07 Å². The summed E-state index contributed by atoms with van der Waals surface area (Å²) in [6.45, 7) is -0.0858. The van der Waals surface area contributed by atoms with E-state index < -0.39 is 16.0 Å². The molecule has 0 heterocycles. The summed E-state index contributed by atoms with van der Waals surface area (Å²) in [6, 6.07) is 14.2. The lowest BCUT2D eigenvalue weighted by Crippen LogP contribution is -2.25. The highest BCUT2D eigenvalue weighted by Gasteiger charge is 2.22. The first-order valence-electron chi connectivity index (χ1n) is 7.18. The van der Waals surface area contributed by atoms with Gasteiger partial charge < -0.3 is 4.74 Å². The second-order valence-electron chi connectivity index (χ2n) is 4.97. The second kappa shape index (κ2) is 7.90. The van der Waals surface area contributed by atoms with Crippen LogP contribution in [0.15, 0.2) is 53.4 Å². The largest absolute Gasteiger partial charge is 0.457 e. The fraction of sp³-hybridized carbons (Fsp3) is 0.176. The van der Waals surface area contributed by atoms with E-state index in [0.29, 0.717) is 15.6 Å². The smallest absolute Gasteiger partial charge is 0.338 e. The Hall–Kier alpha value is -2.73. The Labute approximate surface area is 146 Å². The van der Waals surface area contributed by atoms with Gasteiger partial charge in [-0.05, 0) is 24.3 Å². The molecule has 0 bridgehead atoms. The SMILES string of the molecule is CON(C)S(=O)(=O)c1cccc(C(=O)OCc2ccccc2C#N)c1. The molecule has 0 aliphatic heterocycles. The molecule has 130 valence electrons. The minimum atomic E-state index is -3.86. The summed E-state index contributed by atoms with van der Waals surface area (Å²) in [6.07, 6.45) is 0. The van der Waals surface area contributed by atoms with Crippen LogP contribution in [0.5, 0.6) is 0 Å². The van der Waals surface area contributed by atoms with E-state index >= 15 is 0 Å². The summed E-state index contributed by atoms with van der Waals surface area (Å²) in [5, 5.41) is 9.03. The third-order valence-corrected chi connectivity index (χ3v) is 5.14. The number of sulfonamides is 1. The van der Waals surface area contributed by atoms with Gasteiger partial charge in [-0.15, -0.1) is 0 Å². The first-order valence-corrected chi connectivity index (χ1v) is 8.62. The minimum absolute atomic E-state index is 0.0833. The summed E-state index contributed by atoms with van der Waals surface area (Å²) >= 11 is 0. The van der Waals surface area contributed by atoms with Crippen molar-refractivity contribution < 1.29 is 22.8 Å². The molecule has 0 radical (unpaired) electrons. The molecule has 0 N–H and O–H groups in total. The van der Waals surface area contributed by atoms with E-state index in [2.05, 4.69) is 0 Å². The van der Waals surface area contributed by atoms with Crippen molar-refractivity contribution in [2.24, 2.45) is 0 Å². The minimum Gasteiger partial charge on any atom is -0.457 e. The molecule has 0 spiro atoms. The van der Waals surface area contributed by atoms with Gasteiger partial charge in [0.1, 0.15) is 6.61 Å². The fourth-order valence-corrected chi connectivity index (χ4v) is 3.03. The summed E-state index contributed by atoms with van der Waals surface area (Å²) < 4.78 is 30.3. The third kappa shape index (κ3) is 4.22. The number of hydrogen-bond acceptors (Lipinski definition) is 6. The van der Waals surface area contributed by atoms with Crippen molar-refractivity contribution in [2.45, 2.75) is 11.5 Å². The number of hydrogen-bond donors (Lipinski definition) is 0.